The SMILES string of the molecule is Cc1c(-c2ccnn2-c2ccc(C#N)cc2)n(C(=O)NC2CCN(C(=O)NCCN(C)C)CC2)c(=O)n1-c1cccc(C(F)(F)F)c1. The van der Waals surface area contributed by atoms with Gasteiger partial charge in [0.1, 0.15) is 5.69 Å². The minimum absolute atomic E-state index is 0.0619. The molecule has 1 aliphatic heterocycles. The lowest BCUT2D eigenvalue weighted by Crippen LogP contribution is -2.51. The Morgan fingerprint density at radius 1 is 1.04 bits per heavy atom. The van der Waals surface area contributed by atoms with E-state index >= 15 is 0 Å². The topological polar surface area (TPSA) is 133 Å². The van der Waals surface area contributed by atoms with Crippen LogP contribution in [-0.2, 0) is 6.18 Å². The number of carbonyl (C=O) groups is 2. The number of benzene rings is 2. The fourth-order valence-electron chi connectivity index (χ4n) is 5.55. The van der Waals surface area contributed by atoms with Gasteiger partial charge in [-0.3, -0.25) is 4.57 Å². The first-order chi connectivity index (χ1) is 22.4. The first-order valence-electron chi connectivity index (χ1n) is 14.9. The molecular formula is C32H34F3N9O3. The second-order valence-electron chi connectivity index (χ2n) is 11.5. The van der Waals surface area contributed by atoms with E-state index in [1.165, 1.54) is 23.0 Å². The number of rotatable bonds is 7. The van der Waals surface area contributed by atoms with E-state index < -0.39 is 23.5 Å². The molecule has 3 heterocycles. The van der Waals surface area contributed by atoms with E-state index in [9.17, 15) is 32.8 Å². The maximum absolute atomic E-state index is 14.0. The second-order valence-corrected chi connectivity index (χ2v) is 11.5. The smallest absolute Gasteiger partial charge is 0.337 e. The lowest BCUT2D eigenvalue weighted by molar-refractivity contribution is -0.137. The van der Waals surface area contributed by atoms with Gasteiger partial charge in [0.2, 0.25) is 0 Å². The number of nitriles is 1. The number of piperidine rings is 1. The van der Waals surface area contributed by atoms with Crippen LogP contribution < -0.4 is 16.3 Å². The Morgan fingerprint density at radius 2 is 1.74 bits per heavy atom. The van der Waals surface area contributed by atoms with Crippen LogP contribution in [0.1, 0.15) is 29.7 Å². The van der Waals surface area contributed by atoms with Gasteiger partial charge >= 0.3 is 23.9 Å². The zero-order valence-corrected chi connectivity index (χ0v) is 26.1. The number of alkyl halides is 3. The molecule has 2 N–H and O–H groups in total. The lowest BCUT2D eigenvalue weighted by atomic mass is 10.1. The number of imidazole rings is 1. The average Bonchev–Trinajstić information content (AvgIpc) is 3.62. The van der Waals surface area contributed by atoms with Crippen LogP contribution in [0.2, 0.25) is 0 Å². The molecule has 1 aliphatic rings. The molecule has 2 aromatic heterocycles. The molecule has 0 spiro atoms. The maximum Gasteiger partial charge on any atom is 0.416 e. The van der Waals surface area contributed by atoms with Gasteiger partial charge in [0.05, 0.1) is 46.2 Å². The van der Waals surface area contributed by atoms with Crippen LogP contribution in [0.4, 0.5) is 22.8 Å². The average molecular weight is 650 g/mol. The first kappa shape index (κ1) is 33.0. The van der Waals surface area contributed by atoms with Crippen molar-refractivity contribution in [2.24, 2.45) is 0 Å². The molecule has 0 atom stereocenters. The number of hydrogen-bond donors (Lipinski definition) is 2. The summed E-state index contributed by atoms with van der Waals surface area (Å²) >= 11 is 0. The number of nitrogens with one attached hydrogen (secondary N) is 2. The van der Waals surface area contributed by atoms with Gasteiger partial charge in [0, 0.05) is 32.2 Å². The zero-order valence-electron chi connectivity index (χ0n) is 26.1. The molecule has 1 fully saturated rings. The van der Waals surface area contributed by atoms with E-state index in [4.69, 9.17) is 0 Å². The molecule has 4 aromatic rings. The Bertz CT molecular complexity index is 1860. The summed E-state index contributed by atoms with van der Waals surface area (Å²) in [6.45, 7) is 3.51. The molecule has 0 radical (unpaired) electrons. The fraction of sp³-hybridized carbons (Fsp3) is 0.344. The maximum atomic E-state index is 14.0. The van der Waals surface area contributed by atoms with E-state index in [1.807, 2.05) is 25.1 Å². The van der Waals surface area contributed by atoms with Crippen LogP contribution in [-0.4, -0.2) is 87.1 Å². The highest BCUT2D eigenvalue weighted by Crippen LogP contribution is 2.32. The summed E-state index contributed by atoms with van der Waals surface area (Å²) in [7, 11) is 3.82. The van der Waals surface area contributed by atoms with Crippen molar-refractivity contribution >= 4 is 12.1 Å². The van der Waals surface area contributed by atoms with E-state index in [-0.39, 0.29) is 29.1 Å². The quantitative estimate of drug-likeness (QED) is 0.311. The van der Waals surface area contributed by atoms with Crippen molar-refractivity contribution in [3.8, 4) is 28.8 Å². The number of halogens is 3. The molecule has 0 bridgehead atoms. The number of urea groups is 1. The molecule has 3 amide bonds. The third-order valence-electron chi connectivity index (χ3n) is 7.99. The molecule has 0 unspecified atom stereocenters. The summed E-state index contributed by atoms with van der Waals surface area (Å²) in [5.41, 5.74) is -0.246. The molecule has 0 saturated carbocycles. The Balaban J connectivity index is 1.50. The zero-order chi connectivity index (χ0) is 33.9. The second kappa shape index (κ2) is 13.6. The van der Waals surface area contributed by atoms with Gasteiger partial charge in [0.15, 0.2) is 0 Å². The summed E-state index contributed by atoms with van der Waals surface area (Å²) in [6.07, 6.45) is -2.30. The van der Waals surface area contributed by atoms with Crippen molar-refractivity contribution in [2.75, 3.05) is 40.3 Å². The number of nitrogens with zero attached hydrogens (tertiary/aromatic N) is 7. The van der Waals surface area contributed by atoms with Crippen molar-refractivity contribution in [1.82, 2.24) is 39.3 Å². The minimum atomic E-state index is -4.65. The molecule has 5 rings (SSSR count). The largest absolute Gasteiger partial charge is 0.416 e. The Kier molecular flexibility index (Phi) is 9.52. The molecule has 47 heavy (non-hydrogen) atoms. The summed E-state index contributed by atoms with van der Waals surface area (Å²) in [5.74, 6) is 0. The number of amides is 3. The number of aromatic nitrogens is 4. The third-order valence-corrected chi connectivity index (χ3v) is 7.99. The van der Waals surface area contributed by atoms with Crippen LogP contribution in [0.3, 0.4) is 0 Å². The normalized spacial score (nSPS) is 13.9. The monoisotopic (exact) mass is 649 g/mol. The summed E-state index contributed by atoms with van der Waals surface area (Å²) in [4.78, 5) is 44.1. The van der Waals surface area contributed by atoms with E-state index in [0.717, 1.165) is 21.3 Å². The van der Waals surface area contributed by atoms with Crippen LogP contribution in [0, 0.1) is 18.3 Å². The molecular weight excluding hydrogens is 615 g/mol. The van der Waals surface area contributed by atoms with E-state index in [2.05, 4.69) is 15.7 Å². The van der Waals surface area contributed by atoms with Crippen molar-refractivity contribution in [2.45, 2.75) is 32.0 Å². The van der Waals surface area contributed by atoms with Gasteiger partial charge in [-0.25, -0.2) is 23.6 Å². The number of likely N-dealkylation sites (tertiary alicyclic amines) is 1. The van der Waals surface area contributed by atoms with E-state index in [0.29, 0.717) is 56.0 Å². The summed E-state index contributed by atoms with van der Waals surface area (Å²) in [5, 5.41) is 19.4. The Labute approximate surface area is 268 Å². The minimum Gasteiger partial charge on any atom is -0.337 e. The fourth-order valence-corrected chi connectivity index (χ4v) is 5.55. The molecule has 15 heteroatoms. The lowest BCUT2D eigenvalue weighted by Gasteiger charge is -2.32. The van der Waals surface area contributed by atoms with Gasteiger partial charge in [-0.05, 0) is 82.4 Å². The molecule has 2 aromatic carbocycles. The van der Waals surface area contributed by atoms with Gasteiger partial charge in [-0.15, -0.1) is 0 Å². The van der Waals surface area contributed by atoms with Crippen LogP contribution in [0.25, 0.3) is 22.8 Å². The van der Waals surface area contributed by atoms with Crippen molar-refractivity contribution in [3.63, 3.8) is 0 Å². The van der Waals surface area contributed by atoms with Gasteiger partial charge in [-0.2, -0.15) is 23.5 Å². The number of carbonyl (C=O) groups excluding carboxylic acids is 2. The van der Waals surface area contributed by atoms with Crippen LogP contribution in [0.15, 0.2) is 65.6 Å². The third kappa shape index (κ3) is 7.07. The van der Waals surface area contributed by atoms with Crippen molar-refractivity contribution in [3.05, 3.63) is 88.1 Å². The molecule has 1 saturated heterocycles. The van der Waals surface area contributed by atoms with E-state index in [1.54, 1.807) is 42.2 Å². The van der Waals surface area contributed by atoms with Crippen molar-refractivity contribution < 1.29 is 22.8 Å². The predicted octanol–water partition coefficient (Wildman–Crippen LogP) is 3.98. The van der Waals surface area contributed by atoms with Gasteiger partial charge in [0.25, 0.3) is 0 Å². The molecule has 246 valence electrons. The van der Waals surface area contributed by atoms with Crippen LogP contribution in [0.5, 0.6) is 0 Å². The Morgan fingerprint density at radius 3 is 2.38 bits per heavy atom. The molecule has 0 aliphatic carbocycles. The highest BCUT2D eigenvalue weighted by molar-refractivity contribution is 5.83. The summed E-state index contributed by atoms with van der Waals surface area (Å²) in [6, 6.07) is 13.1. The molecule has 12 nitrogen and oxygen atoms in total. The Hall–Kier alpha value is -5.36. The van der Waals surface area contributed by atoms with Crippen LogP contribution >= 0.6 is 0 Å². The first-order valence-corrected chi connectivity index (χ1v) is 14.9. The number of likely N-dealkylation sites (N-methyl/N-ethyl adjacent to an activating group) is 1. The highest BCUT2D eigenvalue weighted by atomic mass is 19.4. The highest BCUT2D eigenvalue weighted by Gasteiger charge is 2.33. The predicted molar refractivity (Wildman–Crippen MR) is 168 cm³/mol. The number of hydrogen-bond acceptors (Lipinski definition) is 6. The summed E-state index contributed by atoms with van der Waals surface area (Å²) < 4.78 is 44.3. The standard InChI is InChI=1S/C32H34F3N9O3/c1-21-28(27-11-14-38-44(27)25-9-7-22(20-36)8-10-25)43(31(47)42(21)26-6-4-5-23(19-26)32(33,34)35)30(46)39-24-12-16-41(17-13-24)29(45)37-15-18-40(2)3/h4-11,14,19,24H,12-13,15-18H2,1-3H3,(H,37,45)(H,39,46). The van der Waals surface area contributed by atoms with Gasteiger partial charge in [-0.1, -0.05) is 6.07 Å². The van der Waals surface area contributed by atoms with Crippen molar-refractivity contribution in [1.29, 1.82) is 5.26 Å². The van der Waals surface area contributed by atoms with Gasteiger partial charge < -0.3 is 20.4 Å².